The van der Waals surface area contributed by atoms with E-state index in [-0.39, 0.29) is 0 Å². The van der Waals surface area contributed by atoms with Crippen LogP contribution in [-0.2, 0) is 13.0 Å². The molecule has 0 unspecified atom stereocenters. The second-order valence-electron chi connectivity index (χ2n) is 5.48. The van der Waals surface area contributed by atoms with Crippen molar-refractivity contribution in [3.63, 3.8) is 0 Å². The smallest absolute Gasteiger partial charge is 0.164 e. The molecule has 1 aliphatic rings. The van der Waals surface area contributed by atoms with E-state index in [0.29, 0.717) is 5.78 Å². The van der Waals surface area contributed by atoms with Crippen LogP contribution in [0.15, 0.2) is 6.07 Å². The second kappa shape index (κ2) is 7.18. The summed E-state index contributed by atoms with van der Waals surface area (Å²) < 4.78 is 2.39. The zero-order chi connectivity index (χ0) is 13.7. The summed E-state index contributed by atoms with van der Waals surface area (Å²) in [7, 11) is 0. The number of carbonyl (C=O) groups excluding carboxylic acids is 1. The molecule has 3 heteroatoms. The van der Waals surface area contributed by atoms with Gasteiger partial charge in [-0.05, 0) is 50.7 Å². The molecule has 0 atom stereocenters. The van der Waals surface area contributed by atoms with Crippen molar-refractivity contribution in [3.8, 4) is 0 Å². The zero-order valence-electron chi connectivity index (χ0n) is 12.2. The van der Waals surface area contributed by atoms with Gasteiger partial charge in [-0.1, -0.05) is 12.8 Å². The van der Waals surface area contributed by atoms with Crippen molar-refractivity contribution >= 4 is 17.5 Å². The van der Waals surface area contributed by atoms with Crippen molar-refractivity contribution in [1.82, 2.24) is 4.57 Å². The number of Topliss-reactive ketones (excluding diaryl/α,β-unsaturated/α-hetero) is 1. The molecule has 1 heterocycles. The first kappa shape index (κ1) is 14.7. The lowest BCUT2D eigenvalue weighted by atomic mass is 9.96. The lowest BCUT2D eigenvalue weighted by Crippen LogP contribution is -2.13. The molecule has 1 aromatic rings. The maximum Gasteiger partial charge on any atom is 0.164 e. The van der Waals surface area contributed by atoms with Gasteiger partial charge in [-0.25, -0.2) is 0 Å². The first-order valence-electron chi connectivity index (χ1n) is 7.45. The number of hydrogen-bond acceptors (Lipinski definition) is 2. The van der Waals surface area contributed by atoms with Crippen LogP contribution in [0.3, 0.4) is 0 Å². The molecular formula is C16H25NOS. The predicted molar refractivity (Wildman–Crippen MR) is 83.3 cm³/mol. The maximum absolute atomic E-state index is 11.9. The van der Waals surface area contributed by atoms with Crippen LogP contribution in [-0.4, -0.2) is 22.4 Å². The molecule has 0 N–H and O–H groups in total. The molecule has 2 nitrogen and oxygen atoms in total. The number of aromatic nitrogens is 1. The number of aryl methyl sites for hydroxylation is 1. The Hall–Kier alpha value is -0.700. The van der Waals surface area contributed by atoms with Gasteiger partial charge in [0.1, 0.15) is 0 Å². The predicted octanol–water partition coefficient (Wildman–Crippen LogP) is 4.24. The summed E-state index contributed by atoms with van der Waals surface area (Å²) in [5, 5.41) is 0. The van der Waals surface area contributed by atoms with Gasteiger partial charge in [0, 0.05) is 29.9 Å². The molecule has 0 saturated carbocycles. The summed E-state index contributed by atoms with van der Waals surface area (Å²) in [6, 6.07) is 2.10. The van der Waals surface area contributed by atoms with E-state index >= 15 is 0 Å². The number of carbonyl (C=O) groups is 1. The van der Waals surface area contributed by atoms with Crippen LogP contribution < -0.4 is 0 Å². The highest BCUT2D eigenvalue weighted by Gasteiger charge is 2.21. The number of hydrogen-bond donors (Lipinski definition) is 0. The molecule has 1 aromatic heterocycles. The minimum absolute atomic E-state index is 0.350. The highest BCUT2D eigenvalue weighted by Crippen LogP contribution is 2.25. The number of ketones is 1. The average molecular weight is 279 g/mol. The van der Waals surface area contributed by atoms with Crippen molar-refractivity contribution in [2.24, 2.45) is 0 Å². The van der Waals surface area contributed by atoms with Gasteiger partial charge in [-0.15, -0.1) is 0 Å². The Labute approximate surface area is 121 Å². The van der Waals surface area contributed by atoms with Gasteiger partial charge in [-0.3, -0.25) is 4.79 Å². The minimum Gasteiger partial charge on any atom is -0.348 e. The number of unbranched alkanes of at least 4 members (excludes halogenated alkanes) is 3. The van der Waals surface area contributed by atoms with E-state index in [9.17, 15) is 4.79 Å². The quantitative estimate of drug-likeness (QED) is 0.696. The van der Waals surface area contributed by atoms with Crippen LogP contribution in [0.25, 0.3) is 0 Å². The molecule has 2 rings (SSSR count). The zero-order valence-corrected chi connectivity index (χ0v) is 13.0. The molecule has 106 valence electrons. The molecular weight excluding hydrogens is 254 g/mol. The summed E-state index contributed by atoms with van der Waals surface area (Å²) in [5.41, 5.74) is 3.58. The number of nitrogens with zero attached hydrogens (tertiary/aromatic N) is 1. The topological polar surface area (TPSA) is 22.0 Å². The number of rotatable bonds is 7. The van der Waals surface area contributed by atoms with Crippen molar-refractivity contribution in [2.75, 3.05) is 12.0 Å². The molecule has 19 heavy (non-hydrogen) atoms. The van der Waals surface area contributed by atoms with Gasteiger partial charge in [0.15, 0.2) is 5.78 Å². The molecule has 0 fully saturated rings. The van der Waals surface area contributed by atoms with Gasteiger partial charge in [-0.2, -0.15) is 11.8 Å². The lowest BCUT2D eigenvalue weighted by Gasteiger charge is -2.16. The maximum atomic E-state index is 11.9. The van der Waals surface area contributed by atoms with Crippen LogP contribution in [0, 0.1) is 6.92 Å². The van der Waals surface area contributed by atoms with E-state index in [4.69, 9.17) is 0 Å². The molecule has 0 saturated heterocycles. The van der Waals surface area contributed by atoms with Gasteiger partial charge < -0.3 is 4.57 Å². The molecule has 0 spiro atoms. The van der Waals surface area contributed by atoms with E-state index < -0.39 is 0 Å². The van der Waals surface area contributed by atoms with E-state index in [1.807, 2.05) is 11.8 Å². The highest BCUT2D eigenvalue weighted by molar-refractivity contribution is 7.98. The Morgan fingerprint density at radius 2 is 2.00 bits per heavy atom. The van der Waals surface area contributed by atoms with E-state index in [1.165, 1.54) is 42.8 Å². The Balaban J connectivity index is 1.88. The van der Waals surface area contributed by atoms with Crippen LogP contribution >= 0.6 is 11.8 Å². The van der Waals surface area contributed by atoms with Crippen molar-refractivity contribution in [3.05, 3.63) is 23.0 Å². The fraction of sp³-hybridized carbons (Fsp3) is 0.688. The fourth-order valence-electron chi connectivity index (χ4n) is 2.97. The Bertz CT molecular complexity index is 436. The van der Waals surface area contributed by atoms with Crippen LogP contribution in [0.5, 0.6) is 0 Å². The van der Waals surface area contributed by atoms with Gasteiger partial charge in [0.05, 0.1) is 0 Å². The summed E-state index contributed by atoms with van der Waals surface area (Å²) in [6.45, 7) is 3.23. The summed E-state index contributed by atoms with van der Waals surface area (Å²) in [6.07, 6.45) is 10.2. The Kier molecular flexibility index (Phi) is 5.56. The average Bonchev–Trinajstić information content (AvgIpc) is 2.72. The third-order valence-electron chi connectivity index (χ3n) is 4.01. The van der Waals surface area contributed by atoms with Crippen LogP contribution in [0.4, 0.5) is 0 Å². The van der Waals surface area contributed by atoms with Crippen molar-refractivity contribution in [2.45, 2.75) is 58.4 Å². The Morgan fingerprint density at radius 3 is 2.79 bits per heavy atom. The first-order chi connectivity index (χ1) is 9.24. The molecule has 0 bridgehead atoms. The summed E-state index contributed by atoms with van der Waals surface area (Å²) >= 11 is 1.94. The molecule has 0 radical (unpaired) electrons. The monoisotopic (exact) mass is 279 g/mol. The first-order valence-corrected chi connectivity index (χ1v) is 8.84. The van der Waals surface area contributed by atoms with Crippen molar-refractivity contribution in [1.29, 1.82) is 0 Å². The molecule has 1 aliphatic carbocycles. The van der Waals surface area contributed by atoms with Crippen LogP contribution in [0.1, 0.15) is 60.3 Å². The molecule has 0 amide bonds. The van der Waals surface area contributed by atoms with E-state index in [2.05, 4.69) is 23.8 Å². The van der Waals surface area contributed by atoms with Crippen LogP contribution in [0.2, 0.25) is 0 Å². The normalized spacial score (nSPS) is 14.7. The number of thioether (sulfide) groups is 1. The highest BCUT2D eigenvalue weighted by atomic mass is 32.2. The third kappa shape index (κ3) is 3.65. The fourth-order valence-corrected chi connectivity index (χ4v) is 3.46. The number of fused-ring (bicyclic) bond motifs is 1. The van der Waals surface area contributed by atoms with Gasteiger partial charge in [0.25, 0.3) is 0 Å². The Morgan fingerprint density at radius 1 is 1.21 bits per heavy atom. The summed E-state index contributed by atoms with van der Waals surface area (Å²) in [5.74, 6) is 1.63. The third-order valence-corrected chi connectivity index (χ3v) is 4.71. The molecule has 0 aliphatic heterocycles. The van der Waals surface area contributed by atoms with Crippen molar-refractivity contribution < 1.29 is 4.79 Å². The largest absolute Gasteiger partial charge is 0.348 e. The van der Waals surface area contributed by atoms with E-state index in [0.717, 1.165) is 31.4 Å². The lowest BCUT2D eigenvalue weighted by molar-refractivity contribution is 0.0971. The van der Waals surface area contributed by atoms with Gasteiger partial charge >= 0.3 is 0 Å². The minimum atomic E-state index is 0.350. The second-order valence-corrected chi connectivity index (χ2v) is 6.47. The summed E-state index contributed by atoms with van der Waals surface area (Å²) in [4.78, 5) is 11.9. The standard InChI is InChI=1S/C16H25NOS/c1-13-12-14-15(8-7-9-16(14)18)17(13)10-5-3-4-6-11-19-2/h12H,3-11H2,1-2H3. The molecule has 0 aromatic carbocycles. The van der Waals surface area contributed by atoms with E-state index in [1.54, 1.807) is 0 Å². The van der Waals surface area contributed by atoms with Gasteiger partial charge in [0.2, 0.25) is 0 Å². The SMILES string of the molecule is CSCCCCCCn1c(C)cc2c1CCCC2=O.